The molecule has 1 amide bonds. The Hall–Kier alpha value is -2.05. The molecule has 25 heavy (non-hydrogen) atoms. The molecule has 1 N–H and O–H groups in total. The lowest BCUT2D eigenvalue weighted by Crippen LogP contribution is -2.41. The van der Waals surface area contributed by atoms with Crippen LogP contribution in [0.3, 0.4) is 0 Å². The fourth-order valence-corrected chi connectivity index (χ4v) is 2.47. The van der Waals surface area contributed by atoms with E-state index in [0.29, 0.717) is 31.3 Å². The highest BCUT2D eigenvalue weighted by Gasteiger charge is 2.15. The van der Waals surface area contributed by atoms with Gasteiger partial charge in [0.05, 0.1) is 19.3 Å². The maximum Gasteiger partial charge on any atom is 0.234 e. The van der Waals surface area contributed by atoms with Crippen LogP contribution in [0.25, 0.3) is 0 Å². The average Bonchev–Trinajstić information content (AvgIpc) is 2.97. The van der Waals surface area contributed by atoms with Crippen LogP contribution in [0.1, 0.15) is 19.4 Å². The molecule has 0 bridgehead atoms. The molecule has 2 rings (SSSR count). The van der Waals surface area contributed by atoms with Crippen LogP contribution in [0.5, 0.6) is 5.75 Å². The minimum atomic E-state index is -0.0164. The molecule has 1 heterocycles. The summed E-state index contributed by atoms with van der Waals surface area (Å²) in [5.74, 6) is 0.719. The summed E-state index contributed by atoms with van der Waals surface area (Å²) < 4.78 is 7.33. The second-order valence-electron chi connectivity index (χ2n) is 6.17. The topological polar surface area (TPSA) is 59.4 Å². The van der Waals surface area contributed by atoms with E-state index < -0.39 is 0 Å². The van der Waals surface area contributed by atoms with Crippen LogP contribution in [-0.4, -0.2) is 46.3 Å². The van der Waals surface area contributed by atoms with Gasteiger partial charge in [-0.2, -0.15) is 5.10 Å². The molecule has 0 saturated heterocycles. The van der Waals surface area contributed by atoms with Crippen LogP contribution in [0.4, 0.5) is 0 Å². The monoisotopic (exact) mass is 364 g/mol. The number of hydrogen-bond donors (Lipinski definition) is 1. The Labute approximate surface area is 153 Å². The molecule has 1 aromatic heterocycles. The van der Waals surface area contributed by atoms with E-state index in [4.69, 9.17) is 16.3 Å². The summed E-state index contributed by atoms with van der Waals surface area (Å²) in [6, 6.07) is 7.41. The minimum Gasteiger partial charge on any atom is -0.492 e. The number of carbonyl (C=O) groups excluding carboxylic acids is 1. The lowest BCUT2D eigenvalue weighted by atomic mass is 10.2. The van der Waals surface area contributed by atoms with Crippen LogP contribution in [0.15, 0.2) is 36.7 Å². The minimum absolute atomic E-state index is 0.0164. The fraction of sp³-hybridized carbons (Fsp3) is 0.444. The second kappa shape index (κ2) is 9.44. The first kappa shape index (κ1) is 19.3. The molecule has 0 unspecified atom stereocenters. The molecule has 2 aromatic rings. The Bertz CT molecular complexity index is 670. The van der Waals surface area contributed by atoms with E-state index in [-0.39, 0.29) is 11.9 Å². The van der Waals surface area contributed by atoms with Crippen molar-refractivity contribution in [2.24, 2.45) is 7.05 Å². The number of carbonyl (C=O) groups is 1. The number of aryl methyl sites for hydroxylation is 1. The molecule has 6 nitrogen and oxygen atoms in total. The normalized spacial score (nSPS) is 11.1. The lowest BCUT2D eigenvalue weighted by molar-refractivity contribution is -0.122. The van der Waals surface area contributed by atoms with Crippen molar-refractivity contribution in [3.8, 4) is 5.75 Å². The Balaban J connectivity index is 1.72. The Morgan fingerprint density at radius 2 is 2.08 bits per heavy atom. The first-order chi connectivity index (χ1) is 11.9. The second-order valence-corrected chi connectivity index (χ2v) is 6.61. The van der Waals surface area contributed by atoms with Crippen molar-refractivity contribution < 1.29 is 9.53 Å². The summed E-state index contributed by atoms with van der Waals surface area (Å²) in [6.45, 7) is 6.06. The van der Waals surface area contributed by atoms with Crippen molar-refractivity contribution in [2.45, 2.75) is 26.4 Å². The van der Waals surface area contributed by atoms with Gasteiger partial charge in [0, 0.05) is 36.4 Å². The molecular weight excluding hydrogens is 340 g/mol. The van der Waals surface area contributed by atoms with Gasteiger partial charge < -0.3 is 10.1 Å². The van der Waals surface area contributed by atoms with Crippen LogP contribution < -0.4 is 10.1 Å². The summed E-state index contributed by atoms with van der Waals surface area (Å²) in [4.78, 5) is 14.3. The number of halogens is 1. The molecule has 0 fully saturated rings. The van der Waals surface area contributed by atoms with E-state index in [9.17, 15) is 4.79 Å². The Morgan fingerprint density at radius 1 is 1.36 bits per heavy atom. The fourth-order valence-electron chi connectivity index (χ4n) is 2.34. The van der Waals surface area contributed by atoms with Crippen LogP contribution in [-0.2, 0) is 18.4 Å². The van der Waals surface area contributed by atoms with Gasteiger partial charge in [-0.05, 0) is 38.1 Å². The van der Waals surface area contributed by atoms with Gasteiger partial charge in [-0.3, -0.25) is 14.4 Å². The summed E-state index contributed by atoms with van der Waals surface area (Å²) in [6.07, 6.45) is 3.79. The maximum absolute atomic E-state index is 12.2. The van der Waals surface area contributed by atoms with Crippen molar-refractivity contribution in [3.05, 3.63) is 47.2 Å². The molecular formula is C18H25ClN4O2. The highest BCUT2D eigenvalue weighted by molar-refractivity contribution is 6.30. The highest BCUT2D eigenvalue weighted by atomic mass is 35.5. The third-order valence-electron chi connectivity index (χ3n) is 3.73. The summed E-state index contributed by atoms with van der Waals surface area (Å²) in [5.41, 5.74) is 1.09. The molecule has 1 aromatic carbocycles. The Kier molecular flexibility index (Phi) is 7.28. The van der Waals surface area contributed by atoms with Gasteiger partial charge in [-0.25, -0.2) is 0 Å². The number of aromatic nitrogens is 2. The molecule has 0 radical (unpaired) electrons. The zero-order chi connectivity index (χ0) is 18.2. The number of benzene rings is 1. The molecule has 0 aliphatic rings. The quantitative estimate of drug-likeness (QED) is 0.694. The standard InChI is InChI=1S/C18H25ClN4O2/c1-14(2)23(12-15-10-21-22(3)11-15)13-18(24)20-8-9-25-17-6-4-16(19)5-7-17/h4-7,10-11,14H,8-9,12-13H2,1-3H3,(H,20,24). The average molecular weight is 365 g/mol. The van der Waals surface area contributed by atoms with E-state index in [1.54, 1.807) is 28.9 Å². The van der Waals surface area contributed by atoms with Gasteiger partial charge in [-0.15, -0.1) is 0 Å². The van der Waals surface area contributed by atoms with E-state index in [2.05, 4.69) is 29.2 Å². The van der Waals surface area contributed by atoms with Crippen molar-refractivity contribution in [3.63, 3.8) is 0 Å². The van der Waals surface area contributed by atoms with E-state index in [1.165, 1.54) is 0 Å². The predicted octanol–water partition coefficient (Wildman–Crippen LogP) is 2.48. The van der Waals surface area contributed by atoms with Gasteiger partial charge >= 0.3 is 0 Å². The lowest BCUT2D eigenvalue weighted by Gasteiger charge is -2.25. The van der Waals surface area contributed by atoms with E-state index in [0.717, 1.165) is 11.3 Å². The van der Waals surface area contributed by atoms with Crippen molar-refractivity contribution in [1.82, 2.24) is 20.0 Å². The summed E-state index contributed by atoms with van der Waals surface area (Å²) >= 11 is 5.83. The van der Waals surface area contributed by atoms with Gasteiger partial charge in [0.25, 0.3) is 0 Å². The zero-order valence-electron chi connectivity index (χ0n) is 14.9. The third-order valence-corrected chi connectivity index (χ3v) is 3.98. The van der Waals surface area contributed by atoms with Crippen molar-refractivity contribution >= 4 is 17.5 Å². The van der Waals surface area contributed by atoms with Crippen molar-refractivity contribution in [2.75, 3.05) is 19.7 Å². The number of rotatable bonds is 9. The first-order valence-corrected chi connectivity index (χ1v) is 8.68. The van der Waals surface area contributed by atoms with Crippen LogP contribution >= 0.6 is 11.6 Å². The van der Waals surface area contributed by atoms with Crippen LogP contribution in [0, 0.1) is 0 Å². The number of nitrogens with one attached hydrogen (secondary N) is 1. The zero-order valence-corrected chi connectivity index (χ0v) is 15.7. The SMILES string of the molecule is CC(C)N(CC(=O)NCCOc1ccc(Cl)cc1)Cc1cnn(C)c1. The third kappa shape index (κ3) is 6.76. The predicted molar refractivity (Wildman–Crippen MR) is 98.7 cm³/mol. The molecule has 7 heteroatoms. The van der Waals surface area contributed by atoms with Gasteiger partial charge in [-0.1, -0.05) is 11.6 Å². The number of amides is 1. The largest absolute Gasteiger partial charge is 0.492 e. The number of ether oxygens (including phenoxy) is 1. The highest BCUT2D eigenvalue weighted by Crippen LogP contribution is 2.15. The molecule has 0 spiro atoms. The summed E-state index contributed by atoms with van der Waals surface area (Å²) in [5, 5.41) is 7.73. The maximum atomic E-state index is 12.2. The molecule has 136 valence electrons. The number of hydrogen-bond acceptors (Lipinski definition) is 4. The van der Waals surface area contributed by atoms with E-state index in [1.807, 2.05) is 19.4 Å². The number of nitrogens with zero attached hydrogens (tertiary/aromatic N) is 3. The van der Waals surface area contributed by atoms with Gasteiger partial charge in [0.1, 0.15) is 12.4 Å². The van der Waals surface area contributed by atoms with E-state index >= 15 is 0 Å². The first-order valence-electron chi connectivity index (χ1n) is 8.30. The molecule has 0 atom stereocenters. The molecule has 0 saturated carbocycles. The van der Waals surface area contributed by atoms with Gasteiger partial charge in [0.15, 0.2) is 0 Å². The molecule has 0 aliphatic heterocycles. The molecule has 0 aliphatic carbocycles. The van der Waals surface area contributed by atoms with Crippen molar-refractivity contribution in [1.29, 1.82) is 0 Å². The smallest absolute Gasteiger partial charge is 0.234 e. The Morgan fingerprint density at radius 3 is 2.68 bits per heavy atom. The summed E-state index contributed by atoms with van der Waals surface area (Å²) in [7, 11) is 1.89. The van der Waals surface area contributed by atoms with Gasteiger partial charge in [0.2, 0.25) is 5.91 Å². The van der Waals surface area contributed by atoms with Crippen LogP contribution in [0.2, 0.25) is 5.02 Å².